The molecule has 150 valence electrons. The monoisotopic (exact) mass is 430 g/mol. The standard InChI is InChI=1S/C20H18N2O5S2/c1-12-3-6-14(7-4-12)16-9-10-28-18(16)19(23)21-22-29(26,27)15-8-5-13(2)17(11-15)20(24)25/h3-11,22H,1-2H3,(H,21,23)(H,24,25). The van der Waals surface area contributed by atoms with Crippen LogP contribution in [-0.4, -0.2) is 25.4 Å². The minimum Gasteiger partial charge on any atom is -0.478 e. The highest BCUT2D eigenvalue weighted by Crippen LogP contribution is 2.28. The zero-order valence-electron chi connectivity index (χ0n) is 15.6. The van der Waals surface area contributed by atoms with Gasteiger partial charge in [0.2, 0.25) is 0 Å². The Bertz CT molecular complexity index is 1180. The lowest BCUT2D eigenvalue weighted by Crippen LogP contribution is -2.41. The maximum absolute atomic E-state index is 12.6. The number of carboxylic acids is 1. The van der Waals surface area contributed by atoms with E-state index in [1.807, 2.05) is 36.0 Å². The molecule has 3 rings (SSSR count). The highest BCUT2D eigenvalue weighted by Gasteiger charge is 2.20. The van der Waals surface area contributed by atoms with Crippen LogP contribution in [0, 0.1) is 13.8 Å². The molecule has 0 saturated heterocycles. The van der Waals surface area contributed by atoms with E-state index in [9.17, 15) is 23.1 Å². The van der Waals surface area contributed by atoms with Crippen molar-refractivity contribution in [3.8, 4) is 11.1 Å². The Morgan fingerprint density at radius 3 is 2.34 bits per heavy atom. The Balaban J connectivity index is 1.79. The number of nitrogens with one attached hydrogen (secondary N) is 2. The average Bonchev–Trinajstić information content (AvgIpc) is 3.16. The molecule has 0 atom stereocenters. The first-order chi connectivity index (χ1) is 13.7. The summed E-state index contributed by atoms with van der Waals surface area (Å²) in [6.07, 6.45) is 0. The Morgan fingerprint density at radius 2 is 1.69 bits per heavy atom. The van der Waals surface area contributed by atoms with Gasteiger partial charge in [-0.25, -0.2) is 13.2 Å². The first-order valence-electron chi connectivity index (χ1n) is 8.49. The number of sulfonamides is 1. The van der Waals surface area contributed by atoms with Crippen LogP contribution in [0.15, 0.2) is 58.8 Å². The highest BCUT2D eigenvalue weighted by molar-refractivity contribution is 7.89. The molecule has 0 aliphatic heterocycles. The second kappa shape index (κ2) is 8.16. The molecule has 0 bridgehead atoms. The minimum absolute atomic E-state index is 0.126. The smallest absolute Gasteiger partial charge is 0.335 e. The maximum atomic E-state index is 12.6. The van der Waals surface area contributed by atoms with Crippen LogP contribution < -0.4 is 10.3 Å². The Kier molecular flexibility index (Phi) is 5.83. The van der Waals surface area contributed by atoms with E-state index in [2.05, 4.69) is 5.43 Å². The molecule has 1 aromatic heterocycles. The first kappa shape index (κ1) is 20.7. The van der Waals surface area contributed by atoms with Crippen LogP contribution in [0.4, 0.5) is 0 Å². The second-order valence-corrected chi connectivity index (χ2v) is 8.97. The number of aromatic carboxylic acids is 1. The molecule has 9 heteroatoms. The van der Waals surface area contributed by atoms with E-state index < -0.39 is 21.9 Å². The number of thiophene rings is 1. The summed E-state index contributed by atoms with van der Waals surface area (Å²) in [5.41, 5.74) is 5.12. The van der Waals surface area contributed by atoms with E-state index >= 15 is 0 Å². The number of carbonyl (C=O) groups excluding carboxylic acids is 1. The lowest BCUT2D eigenvalue weighted by molar-refractivity contribution is 0.0695. The molecule has 0 unspecified atom stereocenters. The molecule has 0 radical (unpaired) electrons. The highest BCUT2D eigenvalue weighted by atomic mass is 32.2. The van der Waals surface area contributed by atoms with Gasteiger partial charge in [-0.3, -0.25) is 10.2 Å². The molecular formula is C20H18N2O5S2. The van der Waals surface area contributed by atoms with Crippen molar-refractivity contribution in [2.45, 2.75) is 18.7 Å². The van der Waals surface area contributed by atoms with Crippen LogP contribution in [0.2, 0.25) is 0 Å². The van der Waals surface area contributed by atoms with Crippen LogP contribution in [0.3, 0.4) is 0 Å². The number of amides is 1. The Morgan fingerprint density at radius 1 is 1.00 bits per heavy atom. The van der Waals surface area contributed by atoms with Crippen molar-refractivity contribution >= 4 is 33.2 Å². The van der Waals surface area contributed by atoms with E-state index in [4.69, 9.17) is 0 Å². The van der Waals surface area contributed by atoms with Gasteiger partial charge in [0, 0.05) is 5.56 Å². The third-order valence-corrected chi connectivity index (χ3v) is 6.44. The topological polar surface area (TPSA) is 113 Å². The number of carboxylic acid groups (broad SMARTS) is 1. The van der Waals surface area contributed by atoms with Gasteiger partial charge in [-0.1, -0.05) is 35.9 Å². The van der Waals surface area contributed by atoms with Crippen molar-refractivity contribution in [1.82, 2.24) is 10.3 Å². The summed E-state index contributed by atoms with van der Waals surface area (Å²) in [5, 5.41) is 10.9. The predicted molar refractivity (Wildman–Crippen MR) is 110 cm³/mol. The van der Waals surface area contributed by atoms with Gasteiger partial charge in [-0.05, 0) is 48.6 Å². The second-order valence-electron chi connectivity index (χ2n) is 6.37. The van der Waals surface area contributed by atoms with Crippen LogP contribution in [-0.2, 0) is 10.0 Å². The fourth-order valence-corrected chi connectivity index (χ4v) is 4.35. The number of hydrazine groups is 1. The molecule has 0 spiro atoms. The number of hydrogen-bond donors (Lipinski definition) is 3. The summed E-state index contributed by atoms with van der Waals surface area (Å²) >= 11 is 1.19. The van der Waals surface area contributed by atoms with E-state index in [1.165, 1.54) is 23.5 Å². The number of rotatable bonds is 6. The summed E-state index contributed by atoms with van der Waals surface area (Å²) in [4.78, 5) is 25.9. The van der Waals surface area contributed by atoms with Gasteiger partial charge in [0.15, 0.2) is 0 Å². The van der Waals surface area contributed by atoms with E-state index in [0.29, 0.717) is 16.0 Å². The quantitative estimate of drug-likeness (QED) is 0.519. The van der Waals surface area contributed by atoms with Crippen molar-refractivity contribution in [3.05, 3.63) is 75.5 Å². The lowest BCUT2D eigenvalue weighted by atomic mass is 10.1. The summed E-state index contributed by atoms with van der Waals surface area (Å²) in [6.45, 7) is 3.53. The van der Waals surface area contributed by atoms with Crippen LogP contribution in [0.25, 0.3) is 11.1 Å². The number of hydrogen-bond acceptors (Lipinski definition) is 5. The van der Waals surface area contributed by atoms with Crippen molar-refractivity contribution < 1.29 is 23.1 Å². The van der Waals surface area contributed by atoms with Gasteiger partial charge in [0.05, 0.1) is 10.5 Å². The fourth-order valence-electron chi connectivity index (χ4n) is 2.67. The van der Waals surface area contributed by atoms with Gasteiger partial charge in [0.25, 0.3) is 15.9 Å². The molecule has 0 aliphatic rings. The molecule has 7 nitrogen and oxygen atoms in total. The number of benzene rings is 2. The molecule has 0 saturated carbocycles. The summed E-state index contributed by atoms with van der Waals surface area (Å²) in [6, 6.07) is 13.1. The molecule has 3 N–H and O–H groups in total. The summed E-state index contributed by atoms with van der Waals surface area (Å²) < 4.78 is 24.9. The minimum atomic E-state index is -4.14. The average molecular weight is 431 g/mol. The largest absolute Gasteiger partial charge is 0.478 e. The third kappa shape index (κ3) is 4.53. The van der Waals surface area contributed by atoms with Gasteiger partial charge >= 0.3 is 5.97 Å². The zero-order valence-corrected chi connectivity index (χ0v) is 17.2. The summed E-state index contributed by atoms with van der Waals surface area (Å²) in [7, 11) is -4.14. The third-order valence-electron chi connectivity index (χ3n) is 4.28. The number of carbonyl (C=O) groups is 2. The molecule has 29 heavy (non-hydrogen) atoms. The van der Waals surface area contributed by atoms with Gasteiger partial charge in [-0.15, -0.1) is 16.2 Å². The predicted octanol–water partition coefficient (Wildman–Crippen LogP) is 3.35. The maximum Gasteiger partial charge on any atom is 0.335 e. The van der Waals surface area contributed by atoms with E-state index in [-0.39, 0.29) is 10.5 Å². The molecule has 0 aliphatic carbocycles. The van der Waals surface area contributed by atoms with Crippen LogP contribution >= 0.6 is 11.3 Å². The Labute approximate surface area is 172 Å². The molecule has 1 amide bonds. The van der Waals surface area contributed by atoms with E-state index in [0.717, 1.165) is 17.2 Å². The molecule has 1 heterocycles. The van der Waals surface area contributed by atoms with Gasteiger partial charge in [-0.2, -0.15) is 0 Å². The van der Waals surface area contributed by atoms with Crippen molar-refractivity contribution in [1.29, 1.82) is 0 Å². The van der Waals surface area contributed by atoms with Crippen molar-refractivity contribution in [2.24, 2.45) is 0 Å². The SMILES string of the molecule is Cc1ccc(-c2ccsc2C(=O)NNS(=O)(=O)c2ccc(C)c(C(=O)O)c2)cc1. The van der Waals surface area contributed by atoms with Gasteiger partial charge in [0.1, 0.15) is 4.88 Å². The van der Waals surface area contributed by atoms with Crippen molar-refractivity contribution in [2.75, 3.05) is 0 Å². The van der Waals surface area contributed by atoms with Crippen LogP contribution in [0.1, 0.15) is 31.2 Å². The molecule has 2 aromatic carbocycles. The summed E-state index contributed by atoms with van der Waals surface area (Å²) in [5.74, 6) is -1.84. The molecule has 3 aromatic rings. The van der Waals surface area contributed by atoms with Crippen molar-refractivity contribution in [3.63, 3.8) is 0 Å². The van der Waals surface area contributed by atoms with Gasteiger partial charge < -0.3 is 5.11 Å². The normalized spacial score (nSPS) is 11.2. The van der Waals surface area contributed by atoms with E-state index in [1.54, 1.807) is 18.4 Å². The zero-order chi connectivity index (χ0) is 21.2. The Hall–Kier alpha value is -3.01. The first-order valence-corrected chi connectivity index (χ1v) is 10.9. The fraction of sp³-hybridized carbons (Fsp3) is 0.100. The van der Waals surface area contributed by atoms with Crippen LogP contribution in [0.5, 0.6) is 0 Å². The lowest BCUT2D eigenvalue weighted by Gasteiger charge is -2.10. The number of aryl methyl sites for hydroxylation is 2. The molecule has 0 fully saturated rings. The molecular weight excluding hydrogens is 412 g/mol.